The lowest BCUT2D eigenvalue weighted by molar-refractivity contribution is 0.436. The molecule has 0 amide bonds. The zero-order valence-electron chi connectivity index (χ0n) is 85.0. The van der Waals surface area contributed by atoms with Gasteiger partial charge in [-0.25, -0.2) is 0 Å². The Labute approximate surface area is 756 Å². The molecule has 0 atom stereocenters. The molecular weight excluding hydrogens is 1520 g/mol. The van der Waals surface area contributed by atoms with Gasteiger partial charge < -0.3 is 23.7 Å². The molecule has 5 nitrogen and oxygen atoms in total. The Morgan fingerprint density at radius 1 is 0.286 bits per heavy atom. The van der Waals surface area contributed by atoms with Crippen LogP contribution in [0.4, 0.5) is 34.1 Å². The molecule has 1 spiro atoms. The van der Waals surface area contributed by atoms with Crippen molar-refractivity contribution < 1.29 is 26.7 Å². The zero-order chi connectivity index (χ0) is 97.5. The van der Waals surface area contributed by atoms with Crippen molar-refractivity contribution in [2.75, 3.05) is 9.80 Å². The van der Waals surface area contributed by atoms with E-state index in [1.54, 1.807) is 9.13 Å². The van der Waals surface area contributed by atoms with Gasteiger partial charge in [-0.3, -0.25) is 0 Å². The number of aryl methyl sites for hydroxylation is 1. The third-order valence-electron chi connectivity index (χ3n) is 26.2. The highest BCUT2D eigenvalue weighted by Gasteiger charge is 2.52. The summed E-state index contributed by atoms with van der Waals surface area (Å²) in [6.07, 6.45) is 0. The minimum atomic E-state index is -0.889. The van der Waals surface area contributed by atoms with E-state index in [1.807, 2.05) is 121 Å². The Kier molecular flexibility index (Phi) is 13.1. The molecule has 19 aromatic carbocycles. The molecule has 0 bridgehead atoms. The van der Waals surface area contributed by atoms with Crippen LogP contribution < -0.4 is 30.9 Å². The first-order chi connectivity index (χ1) is 68.7. The molecule has 0 radical (unpaired) electrons. The first kappa shape index (κ1) is 58.3. The number of hydrogen-bond acceptors (Lipinski definition) is 3. The van der Waals surface area contributed by atoms with Crippen LogP contribution in [0, 0.1) is 6.92 Å². The summed E-state index contributed by atoms with van der Waals surface area (Å²) in [5.74, 6) is 1.28. The molecule has 21 aromatic rings. The molecule has 25 rings (SSSR count). The molecular formula is C120H83BN4O. The highest BCUT2D eigenvalue weighted by atomic mass is 16.5. The molecule has 0 saturated carbocycles. The number of benzene rings is 19. The van der Waals surface area contributed by atoms with E-state index in [0.29, 0.717) is 56.4 Å². The summed E-state index contributed by atoms with van der Waals surface area (Å²) in [7, 11) is 0. The molecule has 0 unspecified atom stereocenters. The first-order valence-electron chi connectivity index (χ1n) is 50.7. The SMILES string of the molecule is [2H]c1c([2H])c([2H])c2c(c1[2H])c1c([2H])c([2H])c([2H])c([2H])c1n2-c1ccc2c(c1)N(c1c(-c3ccccc3)cc(C)cc1-c1ccccc1)c1cc(-c3ccc4c(c3)Oc3ccccc3C43c4ccccc4-c4ccccc43)cc3c1B2c1ccc(-n2c4c([2H])c([2H])c([2H])c([2H])c4c4c([2H])c([2H])c([2H])c([2H])c42)cc1N3c1c(-c2cccc(-c3ccccc3)c2)cc(C(C)(C)C)cc1-c1cccc(-c2ccccc2)c1. The summed E-state index contributed by atoms with van der Waals surface area (Å²) in [5.41, 5.74) is 25.0. The Bertz CT molecular complexity index is 8750. The quantitative estimate of drug-likeness (QED) is 0.121. The Morgan fingerprint density at radius 2 is 0.659 bits per heavy atom. The van der Waals surface area contributed by atoms with E-state index in [4.69, 9.17) is 4.74 Å². The van der Waals surface area contributed by atoms with Crippen LogP contribution in [0.3, 0.4) is 0 Å². The number of ether oxygens (including phenoxy) is 1. The average molecular weight is 1620 g/mol. The van der Waals surface area contributed by atoms with Gasteiger partial charge >= 0.3 is 0 Å². The normalized spacial score (nSPS) is 14.9. The summed E-state index contributed by atoms with van der Waals surface area (Å²) in [4.78, 5) is 4.70. The van der Waals surface area contributed by atoms with Crippen LogP contribution in [0.5, 0.6) is 11.5 Å². The lowest BCUT2D eigenvalue weighted by Gasteiger charge is -2.46. The molecule has 0 fully saturated rings. The number of fused-ring (bicyclic) bond motifs is 19. The van der Waals surface area contributed by atoms with Crippen molar-refractivity contribution >= 4 is 101 Å². The van der Waals surface area contributed by atoms with Gasteiger partial charge in [0.2, 0.25) is 0 Å². The minimum Gasteiger partial charge on any atom is -0.457 e. The monoisotopic (exact) mass is 1620 g/mol. The summed E-state index contributed by atoms with van der Waals surface area (Å²) in [6, 6.07) is 107. The van der Waals surface area contributed by atoms with Crippen LogP contribution in [0.1, 0.15) is 76.1 Å². The van der Waals surface area contributed by atoms with E-state index in [-0.39, 0.29) is 55.0 Å². The maximum atomic E-state index is 10.2. The van der Waals surface area contributed by atoms with Gasteiger partial charge in [-0.05, 0) is 227 Å². The number of hydrogen-bond donors (Lipinski definition) is 0. The summed E-state index contributed by atoms with van der Waals surface area (Å²) in [6.45, 7) is 7.87. The van der Waals surface area contributed by atoms with Gasteiger partial charge in [0.15, 0.2) is 0 Å². The fraction of sp³-hybridized carbons (Fsp3) is 0.0500. The van der Waals surface area contributed by atoms with Crippen LogP contribution in [-0.4, -0.2) is 15.8 Å². The zero-order valence-corrected chi connectivity index (χ0v) is 69.0. The van der Waals surface area contributed by atoms with E-state index in [9.17, 15) is 21.9 Å². The fourth-order valence-corrected chi connectivity index (χ4v) is 20.7. The number of aromatic nitrogens is 2. The molecule has 0 saturated heterocycles. The number of nitrogens with zero attached hydrogens (tertiary/aromatic N) is 4. The van der Waals surface area contributed by atoms with Gasteiger partial charge in [0.1, 0.15) is 11.5 Å². The molecule has 3 aliphatic heterocycles. The Balaban J connectivity index is 0.897. The summed E-state index contributed by atoms with van der Waals surface area (Å²) < 4.78 is 166. The van der Waals surface area contributed by atoms with E-state index in [1.165, 1.54) is 0 Å². The molecule has 4 aliphatic rings. The topological polar surface area (TPSA) is 25.6 Å². The second-order valence-electron chi connectivity index (χ2n) is 34.2. The van der Waals surface area contributed by atoms with E-state index < -0.39 is 114 Å². The standard InChI is InChI=1S/C120H83BN4O/c1-76-65-96(79-37-13-7-14-38-79)117(97(66-76)80-39-15-8-16-40-80)124-110-74-88(122-106-54-26-19-47-92(106)93-48-20-27-55-107(93)122)60-63-104(110)121-105-64-61-89(123-108-56-28-21-49-94(108)95-50-22-29-57-109(95)123)75-111(105)125(118-98(84-43-31-41-81(67-84)77-33-9-5-10-34-77)72-87(119(2,3)4)73-99(118)85-44-32-42-82(68-85)78-35-11-6-12-36-78)113-70-86(69-112(124)116(113)121)83-59-62-103-115(71-83)126-114-58-30-25-53-102(114)120(103)100-51-23-17-45-90(100)91-46-18-24-52-101(91)120/h5-75H,1-4H3/i19D,20D,21D,22D,26D,27D,28D,29D,47D,48D,49D,50D,54D,55D,56D,57D. The lowest BCUT2D eigenvalue weighted by Crippen LogP contribution is -2.61. The Hall–Kier alpha value is -15.8. The molecule has 126 heavy (non-hydrogen) atoms. The summed E-state index contributed by atoms with van der Waals surface area (Å²) >= 11 is 0. The largest absolute Gasteiger partial charge is 0.457 e. The highest BCUT2D eigenvalue weighted by Crippen LogP contribution is 2.64. The third-order valence-corrected chi connectivity index (χ3v) is 26.2. The van der Waals surface area contributed by atoms with E-state index in [2.05, 4.69) is 250 Å². The number of rotatable bonds is 11. The maximum Gasteiger partial charge on any atom is 0.252 e. The third kappa shape index (κ3) is 11.1. The predicted octanol–water partition coefficient (Wildman–Crippen LogP) is 29.7. The van der Waals surface area contributed by atoms with Crippen molar-refractivity contribution in [1.82, 2.24) is 9.13 Å². The minimum absolute atomic E-state index is 0.0761. The lowest BCUT2D eigenvalue weighted by atomic mass is 9.33. The van der Waals surface area contributed by atoms with Crippen LogP contribution in [0.15, 0.2) is 430 Å². The molecule has 6 heteroatoms. The van der Waals surface area contributed by atoms with Crippen LogP contribution >= 0.6 is 0 Å². The number of para-hydroxylation sites is 5. The summed E-state index contributed by atoms with van der Waals surface area (Å²) in [5, 5.41) is -0.387. The van der Waals surface area contributed by atoms with E-state index >= 15 is 0 Å². The van der Waals surface area contributed by atoms with Crippen molar-refractivity contribution in [2.24, 2.45) is 0 Å². The van der Waals surface area contributed by atoms with Crippen molar-refractivity contribution in [2.45, 2.75) is 38.5 Å². The van der Waals surface area contributed by atoms with Gasteiger partial charge in [0, 0.05) is 89.0 Å². The van der Waals surface area contributed by atoms with Gasteiger partial charge in [0.25, 0.3) is 6.71 Å². The average Bonchev–Trinajstić information content (AvgIpc) is 1.37. The van der Waals surface area contributed by atoms with Gasteiger partial charge in [0.05, 0.1) is 60.8 Å². The van der Waals surface area contributed by atoms with Crippen LogP contribution in [-0.2, 0) is 10.8 Å². The van der Waals surface area contributed by atoms with Crippen molar-refractivity contribution in [1.29, 1.82) is 0 Å². The fourth-order valence-electron chi connectivity index (χ4n) is 20.7. The van der Waals surface area contributed by atoms with Gasteiger partial charge in [-0.1, -0.05) is 342 Å². The smallest absolute Gasteiger partial charge is 0.252 e. The molecule has 5 heterocycles. The first-order valence-corrected chi connectivity index (χ1v) is 42.7. The highest BCUT2D eigenvalue weighted by molar-refractivity contribution is 7.00. The molecule has 2 aromatic heterocycles. The van der Waals surface area contributed by atoms with Gasteiger partial charge in [-0.2, -0.15) is 0 Å². The van der Waals surface area contributed by atoms with Crippen molar-refractivity contribution in [3.63, 3.8) is 0 Å². The van der Waals surface area contributed by atoms with Gasteiger partial charge in [-0.15, -0.1) is 0 Å². The molecule has 1 aliphatic carbocycles. The van der Waals surface area contributed by atoms with Crippen molar-refractivity contribution in [3.8, 4) is 112 Å². The maximum absolute atomic E-state index is 10.2. The number of anilines is 6. The van der Waals surface area contributed by atoms with E-state index in [0.717, 1.165) is 128 Å². The van der Waals surface area contributed by atoms with Crippen LogP contribution in [0.25, 0.3) is 144 Å². The predicted molar refractivity (Wildman–Crippen MR) is 528 cm³/mol. The molecule has 592 valence electrons. The second kappa shape index (κ2) is 28.4. The second-order valence-corrected chi connectivity index (χ2v) is 34.2. The Morgan fingerprint density at radius 3 is 1.11 bits per heavy atom. The van der Waals surface area contributed by atoms with Crippen molar-refractivity contribution in [3.05, 3.63) is 464 Å². The van der Waals surface area contributed by atoms with Crippen LogP contribution in [0.2, 0.25) is 0 Å². The molecule has 0 N–H and O–H groups in total.